The fourth-order valence-electron chi connectivity index (χ4n) is 2.70. The predicted octanol–water partition coefficient (Wildman–Crippen LogP) is 2.12. The molecule has 1 aliphatic rings. The quantitative estimate of drug-likeness (QED) is 0.500. The zero-order valence-corrected chi connectivity index (χ0v) is 15.4. The molecular formula is C19H22O8. The van der Waals surface area contributed by atoms with Crippen LogP contribution in [0, 0.1) is 0 Å². The summed E-state index contributed by atoms with van der Waals surface area (Å²) >= 11 is 0. The summed E-state index contributed by atoms with van der Waals surface area (Å²) in [4.78, 5) is 48.1. The van der Waals surface area contributed by atoms with Gasteiger partial charge in [-0.3, -0.25) is 9.59 Å². The van der Waals surface area contributed by atoms with Crippen LogP contribution in [0.2, 0.25) is 0 Å². The van der Waals surface area contributed by atoms with E-state index in [1.165, 1.54) is 12.1 Å². The van der Waals surface area contributed by atoms with Crippen LogP contribution in [0.5, 0.6) is 11.5 Å². The van der Waals surface area contributed by atoms with E-state index in [1.807, 2.05) is 0 Å². The maximum absolute atomic E-state index is 12.5. The van der Waals surface area contributed by atoms with Gasteiger partial charge in [0, 0.05) is 12.8 Å². The average molecular weight is 378 g/mol. The molecule has 0 fully saturated rings. The number of benzene rings is 1. The van der Waals surface area contributed by atoms with Crippen molar-refractivity contribution >= 4 is 23.5 Å². The maximum atomic E-state index is 12.5. The molecule has 0 unspecified atom stereocenters. The summed E-state index contributed by atoms with van der Waals surface area (Å²) in [5, 5.41) is 0. The van der Waals surface area contributed by atoms with Gasteiger partial charge in [0.1, 0.15) is 11.5 Å². The number of carbonyl (C=O) groups is 4. The zero-order chi connectivity index (χ0) is 19.8. The highest BCUT2D eigenvalue weighted by molar-refractivity contribution is 6.13. The summed E-state index contributed by atoms with van der Waals surface area (Å²) in [5.74, 6) is -1.50. The molecule has 2 rings (SSSR count). The second-order valence-electron chi connectivity index (χ2n) is 5.70. The van der Waals surface area contributed by atoms with Crippen LogP contribution < -0.4 is 9.47 Å². The van der Waals surface area contributed by atoms with Gasteiger partial charge in [-0.2, -0.15) is 0 Å². The third-order valence-corrected chi connectivity index (χ3v) is 3.80. The van der Waals surface area contributed by atoms with Gasteiger partial charge in [0.2, 0.25) is 0 Å². The third-order valence-electron chi connectivity index (χ3n) is 3.80. The maximum Gasteiger partial charge on any atom is 0.344 e. The fourth-order valence-corrected chi connectivity index (χ4v) is 2.70. The minimum atomic E-state index is -0.582. The fraction of sp³-hybridized carbons (Fsp3) is 0.474. The standard InChI is InChI=1S/C19H22O8/c1-3-24-16(22)10-26-14-8-9-15(27-11-17(23)25-4-2)19-13(21)7-5-6-12(20)18(14)19/h8-9H,3-7,10-11H2,1-2H3. The molecule has 8 nitrogen and oxygen atoms in total. The molecule has 1 aromatic carbocycles. The molecule has 0 bridgehead atoms. The van der Waals surface area contributed by atoms with E-state index in [2.05, 4.69) is 0 Å². The highest BCUT2D eigenvalue weighted by Gasteiger charge is 2.29. The normalized spacial score (nSPS) is 13.4. The van der Waals surface area contributed by atoms with E-state index in [1.54, 1.807) is 13.8 Å². The number of carbonyl (C=O) groups excluding carboxylic acids is 4. The van der Waals surface area contributed by atoms with Crippen LogP contribution in [0.1, 0.15) is 53.8 Å². The van der Waals surface area contributed by atoms with E-state index in [4.69, 9.17) is 18.9 Å². The molecule has 0 atom stereocenters. The Morgan fingerprint density at radius 1 is 0.815 bits per heavy atom. The molecule has 1 aliphatic carbocycles. The highest BCUT2D eigenvalue weighted by Crippen LogP contribution is 2.35. The van der Waals surface area contributed by atoms with E-state index >= 15 is 0 Å². The predicted molar refractivity (Wildman–Crippen MR) is 93.2 cm³/mol. The minimum Gasteiger partial charge on any atom is -0.481 e. The smallest absolute Gasteiger partial charge is 0.344 e. The van der Waals surface area contributed by atoms with Crippen LogP contribution >= 0.6 is 0 Å². The number of ether oxygens (including phenoxy) is 4. The number of hydrogen-bond acceptors (Lipinski definition) is 8. The second-order valence-corrected chi connectivity index (χ2v) is 5.70. The molecule has 0 saturated carbocycles. The van der Waals surface area contributed by atoms with Crippen molar-refractivity contribution < 1.29 is 38.1 Å². The lowest BCUT2D eigenvalue weighted by atomic mass is 9.99. The molecule has 1 aromatic rings. The molecule has 0 heterocycles. The van der Waals surface area contributed by atoms with Gasteiger partial charge in [0.25, 0.3) is 0 Å². The molecule has 0 aromatic heterocycles. The van der Waals surface area contributed by atoms with Crippen LogP contribution in [0.25, 0.3) is 0 Å². The summed E-state index contributed by atoms with van der Waals surface area (Å²) in [5.41, 5.74) is 0.145. The first-order valence-electron chi connectivity index (χ1n) is 8.78. The topological polar surface area (TPSA) is 105 Å². The van der Waals surface area contributed by atoms with Gasteiger partial charge < -0.3 is 18.9 Å². The van der Waals surface area contributed by atoms with Crippen molar-refractivity contribution in [2.75, 3.05) is 26.4 Å². The van der Waals surface area contributed by atoms with E-state index in [-0.39, 0.29) is 73.5 Å². The van der Waals surface area contributed by atoms with Gasteiger partial charge in [-0.15, -0.1) is 0 Å². The Hall–Kier alpha value is -2.90. The Balaban J connectivity index is 2.33. The number of ketones is 2. The molecule has 27 heavy (non-hydrogen) atoms. The summed E-state index contributed by atoms with van der Waals surface area (Å²) in [6.07, 6.45) is 0.757. The van der Waals surface area contributed by atoms with E-state index < -0.39 is 11.9 Å². The number of hydrogen-bond donors (Lipinski definition) is 0. The lowest BCUT2D eigenvalue weighted by Crippen LogP contribution is -2.19. The van der Waals surface area contributed by atoms with Gasteiger partial charge in [-0.05, 0) is 32.4 Å². The first kappa shape index (κ1) is 20.4. The second kappa shape index (κ2) is 9.70. The lowest BCUT2D eigenvalue weighted by molar-refractivity contribution is -0.146. The molecule has 0 spiro atoms. The highest BCUT2D eigenvalue weighted by atomic mass is 16.6. The summed E-state index contributed by atoms with van der Waals surface area (Å²) in [7, 11) is 0. The van der Waals surface area contributed by atoms with Crippen molar-refractivity contribution in [3.8, 4) is 11.5 Å². The first-order chi connectivity index (χ1) is 13.0. The molecule has 146 valence electrons. The molecular weight excluding hydrogens is 356 g/mol. The van der Waals surface area contributed by atoms with Crippen molar-refractivity contribution in [3.63, 3.8) is 0 Å². The van der Waals surface area contributed by atoms with Gasteiger partial charge in [0.15, 0.2) is 24.8 Å². The van der Waals surface area contributed by atoms with Gasteiger partial charge in [-0.1, -0.05) is 0 Å². The molecule has 8 heteroatoms. The average Bonchev–Trinajstić information content (AvgIpc) is 2.78. The van der Waals surface area contributed by atoms with Crippen LogP contribution in [0.15, 0.2) is 12.1 Å². The van der Waals surface area contributed by atoms with Crippen LogP contribution in [-0.2, 0) is 19.1 Å². The third kappa shape index (κ3) is 5.29. The monoisotopic (exact) mass is 378 g/mol. The first-order valence-corrected chi connectivity index (χ1v) is 8.78. The van der Waals surface area contributed by atoms with Gasteiger partial charge >= 0.3 is 11.9 Å². The Labute approximate surface area is 156 Å². The van der Waals surface area contributed by atoms with Crippen LogP contribution in [0.4, 0.5) is 0 Å². The number of esters is 2. The van der Waals surface area contributed by atoms with Crippen molar-refractivity contribution in [3.05, 3.63) is 23.3 Å². The largest absolute Gasteiger partial charge is 0.481 e. The van der Waals surface area contributed by atoms with E-state index in [9.17, 15) is 19.2 Å². The van der Waals surface area contributed by atoms with Crippen molar-refractivity contribution in [1.29, 1.82) is 0 Å². The summed E-state index contributed by atoms with van der Waals surface area (Å²) < 4.78 is 20.4. The Morgan fingerprint density at radius 3 is 1.59 bits per heavy atom. The van der Waals surface area contributed by atoms with Crippen LogP contribution in [0.3, 0.4) is 0 Å². The van der Waals surface area contributed by atoms with Gasteiger partial charge in [0.05, 0.1) is 24.3 Å². The number of Topliss-reactive ketones (excluding diaryl/α,β-unsaturated/α-hetero) is 2. The van der Waals surface area contributed by atoms with Gasteiger partial charge in [-0.25, -0.2) is 9.59 Å². The Kier molecular flexibility index (Phi) is 7.34. The van der Waals surface area contributed by atoms with Crippen molar-refractivity contribution in [2.24, 2.45) is 0 Å². The van der Waals surface area contributed by atoms with E-state index in [0.717, 1.165) is 0 Å². The lowest BCUT2D eigenvalue weighted by Gasteiger charge is -2.16. The molecule has 0 radical (unpaired) electrons. The Bertz CT molecular complexity index is 676. The molecule has 0 amide bonds. The molecule has 0 N–H and O–H groups in total. The van der Waals surface area contributed by atoms with E-state index in [0.29, 0.717) is 6.42 Å². The van der Waals surface area contributed by atoms with Crippen molar-refractivity contribution in [2.45, 2.75) is 33.1 Å². The number of fused-ring (bicyclic) bond motifs is 1. The molecule has 0 aliphatic heterocycles. The van der Waals surface area contributed by atoms with Crippen molar-refractivity contribution in [1.82, 2.24) is 0 Å². The number of rotatable bonds is 8. The SMILES string of the molecule is CCOC(=O)COc1ccc(OCC(=O)OCC)c2c1C(=O)CCCC2=O. The minimum absolute atomic E-state index is 0.0724. The van der Waals surface area contributed by atoms with Crippen LogP contribution in [-0.4, -0.2) is 49.9 Å². The molecule has 0 saturated heterocycles. The summed E-state index contributed by atoms with van der Waals surface area (Å²) in [6, 6.07) is 2.88. The Morgan fingerprint density at radius 2 is 1.22 bits per heavy atom. The summed E-state index contributed by atoms with van der Waals surface area (Å²) in [6.45, 7) is 2.98. The zero-order valence-electron chi connectivity index (χ0n) is 15.4.